The topological polar surface area (TPSA) is 56.7 Å². The van der Waals surface area contributed by atoms with E-state index in [1.54, 1.807) is 23.5 Å². The normalized spacial score (nSPS) is 10.8. The Kier molecular flexibility index (Phi) is 3.70. The van der Waals surface area contributed by atoms with Crippen LogP contribution in [0.2, 0.25) is 0 Å². The Labute approximate surface area is 123 Å². The van der Waals surface area contributed by atoms with Gasteiger partial charge in [0.1, 0.15) is 5.82 Å². The largest absolute Gasteiger partial charge is 0.335 e. The zero-order chi connectivity index (χ0) is 13.9. The highest BCUT2D eigenvalue weighted by molar-refractivity contribution is 7.98. The summed E-state index contributed by atoms with van der Waals surface area (Å²) in [6, 6.07) is 10.5. The summed E-state index contributed by atoms with van der Waals surface area (Å²) >= 11 is 2.91. The zero-order valence-corrected chi connectivity index (χ0v) is 12.0. The lowest BCUT2D eigenvalue weighted by Crippen LogP contribution is -2.11. The fourth-order valence-corrected chi connectivity index (χ4v) is 3.26. The van der Waals surface area contributed by atoms with Gasteiger partial charge in [-0.05, 0) is 23.1 Å². The molecule has 0 amide bonds. The third-order valence-electron chi connectivity index (χ3n) is 2.72. The molecule has 102 valence electrons. The van der Waals surface area contributed by atoms with Crippen LogP contribution in [-0.2, 0) is 5.75 Å². The standard InChI is InChI=1S/C13H11FN4S2/c14-10-5-2-1-4-9(10)8-20-13-17-16-12(18(13)15)11-6-3-7-19-11/h1-7H,8,15H2. The fraction of sp³-hybridized carbons (Fsp3) is 0.0769. The third kappa shape index (κ3) is 2.54. The molecule has 0 radical (unpaired) electrons. The van der Waals surface area contributed by atoms with E-state index in [9.17, 15) is 4.39 Å². The van der Waals surface area contributed by atoms with Gasteiger partial charge in [0.2, 0.25) is 5.16 Å². The molecule has 7 heteroatoms. The number of thioether (sulfide) groups is 1. The first-order chi connectivity index (χ1) is 9.75. The Balaban J connectivity index is 1.78. The summed E-state index contributed by atoms with van der Waals surface area (Å²) in [7, 11) is 0. The molecule has 2 aromatic heterocycles. The molecule has 0 aliphatic rings. The van der Waals surface area contributed by atoms with Gasteiger partial charge in [0, 0.05) is 5.75 Å². The Morgan fingerprint density at radius 2 is 2.05 bits per heavy atom. The van der Waals surface area contributed by atoms with Crippen molar-refractivity contribution in [3.63, 3.8) is 0 Å². The van der Waals surface area contributed by atoms with Crippen molar-refractivity contribution in [1.82, 2.24) is 14.9 Å². The molecule has 4 nitrogen and oxygen atoms in total. The molecule has 3 rings (SSSR count). The molecule has 2 heterocycles. The number of nitrogens with zero attached hydrogens (tertiary/aromatic N) is 3. The van der Waals surface area contributed by atoms with Crippen LogP contribution >= 0.6 is 23.1 Å². The summed E-state index contributed by atoms with van der Waals surface area (Å²) in [6.45, 7) is 0. The predicted molar refractivity (Wildman–Crippen MR) is 79.4 cm³/mol. The van der Waals surface area contributed by atoms with Gasteiger partial charge < -0.3 is 5.84 Å². The summed E-state index contributed by atoms with van der Waals surface area (Å²) in [5.74, 6) is 6.85. The number of nitrogens with two attached hydrogens (primary N) is 1. The van der Waals surface area contributed by atoms with Gasteiger partial charge in [-0.2, -0.15) is 0 Å². The molecule has 0 atom stereocenters. The molecule has 0 bridgehead atoms. The SMILES string of the molecule is Nn1c(SCc2ccccc2F)nnc1-c1cccs1. The summed E-state index contributed by atoms with van der Waals surface area (Å²) in [4.78, 5) is 0.956. The average molecular weight is 306 g/mol. The van der Waals surface area contributed by atoms with Gasteiger partial charge in [0.05, 0.1) is 4.88 Å². The second-order valence-electron chi connectivity index (χ2n) is 4.03. The zero-order valence-electron chi connectivity index (χ0n) is 10.4. The molecular formula is C13H11FN4S2. The second kappa shape index (κ2) is 5.64. The molecular weight excluding hydrogens is 295 g/mol. The number of halogens is 1. The number of rotatable bonds is 4. The van der Waals surface area contributed by atoms with Gasteiger partial charge in [0.15, 0.2) is 5.82 Å². The van der Waals surface area contributed by atoms with E-state index < -0.39 is 0 Å². The molecule has 0 fully saturated rings. The third-order valence-corrected chi connectivity index (χ3v) is 4.58. The molecule has 1 aromatic carbocycles. The number of benzene rings is 1. The minimum Gasteiger partial charge on any atom is -0.335 e. The minimum absolute atomic E-state index is 0.221. The van der Waals surface area contributed by atoms with Crippen LogP contribution in [-0.4, -0.2) is 14.9 Å². The maximum Gasteiger partial charge on any atom is 0.210 e. The molecule has 0 saturated carbocycles. The van der Waals surface area contributed by atoms with Crippen LogP contribution in [0.1, 0.15) is 5.56 Å². The highest BCUT2D eigenvalue weighted by atomic mass is 32.2. The van der Waals surface area contributed by atoms with E-state index in [4.69, 9.17) is 5.84 Å². The maximum atomic E-state index is 13.5. The lowest BCUT2D eigenvalue weighted by molar-refractivity contribution is 0.617. The number of nitrogen functional groups attached to an aromatic ring is 1. The molecule has 3 aromatic rings. The maximum absolute atomic E-state index is 13.5. The van der Waals surface area contributed by atoms with E-state index in [-0.39, 0.29) is 5.82 Å². The van der Waals surface area contributed by atoms with Crippen molar-refractivity contribution < 1.29 is 4.39 Å². The van der Waals surface area contributed by atoms with Crippen molar-refractivity contribution in [3.05, 3.63) is 53.2 Å². The highest BCUT2D eigenvalue weighted by Crippen LogP contribution is 2.27. The second-order valence-corrected chi connectivity index (χ2v) is 5.92. The van der Waals surface area contributed by atoms with Gasteiger partial charge >= 0.3 is 0 Å². The molecule has 0 unspecified atom stereocenters. The lowest BCUT2D eigenvalue weighted by atomic mass is 10.2. The molecule has 0 spiro atoms. The summed E-state index contributed by atoms with van der Waals surface area (Å²) in [5.41, 5.74) is 0.623. The summed E-state index contributed by atoms with van der Waals surface area (Å²) in [6.07, 6.45) is 0. The van der Waals surface area contributed by atoms with E-state index in [0.29, 0.717) is 22.3 Å². The molecule has 0 aliphatic carbocycles. The van der Waals surface area contributed by atoms with Crippen molar-refractivity contribution in [1.29, 1.82) is 0 Å². The number of thiophene rings is 1. The van der Waals surface area contributed by atoms with Gasteiger partial charge in [0.25, 0.3) is 0 Å². The monoisotopic (exact) mass is 306 g/mol. The van der Waals surface area contributed by atoms with Crippen LogP contribution in [0.5, 0.6) is 0 Å². The van der Waals surface area contributed by atoms with Crippen molar-refractivity contribution in [3.8, 4) is 10.7 Å². The van der Waals surface area contributed by atoms with E-state index in [2.05, 4.69) is 10.2 Å². The van der Waals surface area contributed by atoms with Crippen molar-refractivity contribution in [2.24, 2.45) is 0 Å². The van der Waals surface area contributed by atoms with E-state index in [1.165, 1.54) is 22.5 Å². The fourth-order valence-electron chi connectivity index (χ4n) is 1.71. The van der Waals surface area contributed by atoms with Crippen molar-refractivity contribution in [2.45, 2.75) is 10.9 Å². The average Bonchev–Trinajstić information content (AvgIpc) is 3.08. The van der Waals surface area contributed by atoms with Crippen molar-refractivity contribution in [2.75, 3.05) is 5.84 Å². The molecule has 2 N–H and O–H groups in total. The van der Waals surface area contributed by atoms with Crippen LogP contribution in [0.3, 0.4) is 0 Å². The number of hydrogen-bond acceptors (Lipinski definition) is 5. The lowest BCUT2D eigenvalue weighted by Gasteiger charge is -2.03. The van der Waals surface area contributed by atoms with Gasteiger partial charge in [-0.1, -0.05) is 36.0 Å². The van der Waals surface area contributed by atoms with Crippen molar-refractivity contribution >= 4 is 23.1 Å². The highest BCUT2D eigenvalue weighted by Gasteiger charge is 2.13. The molecule has 0 aliphatic heterocycles. The van der Waals surface area contributed by atoms with E-state index in [1.807, 2.05) is 23.6 Å². The van der Waals surface area contributed by atoms with E-state index >= 15 is 0 Å². The smallest absolute Gasteiger partial charge is 0.210 e. The Morgan fingerprint density at radius 1 is 1.20 bits per heavy atom. The molecule has 20 heavy (non-hydrogen) atoms. The number of hydrogen-bond donors (Lipinski definition) is 1. The minimum atomic E-state index is -0.221. The summed E-state index contributed by atoms with van der Waals surface area (Å²) < 4.78 is 15.0. The first-order valence-corrected chi connectivity index (χ1v) is 7.73. The Bertz CT molecular complexity index is 709. The predicted octanol–water partition coefficient (Wildman–Crippen LogP) is 3.15. The van der Waals surface area contributed by atoms with Gasteiger partial charge in [-0.25, -0.2) is 9.07 Å². The first-order valence-electron chi connectivity index (χ1n) is 5.86. The van der Waals surface area contributed by atoms with Crippen LogP contribution in [0.4, 0.5) is 4.39 Å². The van der Waals surface area contributed by atoms with Crippen LogP contribution in [0.25, 0.3) is 10.7 Å². The van der Waals surface area contributed by atoms with Crippen LogP contribution < -0.4 is 5.84 Å². The van der Waals surface area contributed by atoms with Crippen LogP contribution in [0.15, 0.2) is 46.9 Å². The summed E-state index contributed by atoms with van der Waals surface area (Å²) in [5, 5.41) is 10.6. The Morgan fingerprint density at radius 3 is 2.80 bits per heavy atom. The number of aromatic nitrogens is 3. The Hall–Kier alpha value is -1.86. The first kappa shape index (κ1) is 13.1. The quantitative estimate of drug-likeness (QED) is 0.594. The van der Waals surface area contributed by atoms with Gasteiger partial charge in [-0.3, -0.25) is 0 Å². The van der Waals surface area contributed by atoms with Gasteiger partial charge in [-0.15, -0.1) is 21.5 Å². The van der Waals surface area contributed by atoms with E-state index in [0.717, 1.165) is 4.88 Å². The van der Waals surface area contributed by atoms with Crippen LogP contribution in [0, 0.1) is 5.82 Å². The molecule has 0 saturated heterocycles.